The number of carboxylic acid groups (broad SMARTS) is 1. The van der Waals surface area contributed by atoms with E-state index in [4.69, 9.17) is 6.57 Å². The van der Waals surface area contributed by atoms with Crippen LogP contribution in [0.25, 0.3) is 26.4 Å². The molecule has 2 heterocycles. The molecule has 0 spiro atoms. The van der Waals surface area contributed by atoms with E-state index < -0.39 is 5.97 Å². The number of aromatic carboxylic acids is 1. The largest absolute Gasteiger partial charge is 0.477 e. The first kappa shape index (κ1) is 17.7. The Morgan fingerprint density at radius 1 is 1.24 bits per heavy atom. The van der Waals surface area contributed by atoms with Gasteiger partial charge in [-0.3, -0.25) is 0 Å². The fraction of sp³-hybridized carbons (Fsp3) is 0.158. The Bertz CT molecular complexity index is 962. The summed E-state index contributed by atoms with van der Waals surface area (Å²) in [4.78, 5) is 18.8. The van der Waals surface area contributed by atoms with E-state index in [-0.39, 0.29) is 4.88 Å². The van der Waals surface area contributed by atoms with E-state index in [9.17, 15) is 9.90 Å². The summed E-state index contributed by atoms with van der Waals surface area (Å²) in [7, 11) is 0. The van der Waals surface area contributed by atoms with Gasteiger partial charge in [-0.25, -0.2) is 9.64 Å². The van der Waals surface area contributed by atoms with Gasteiger partial charge in [0.2, 0.25) is 5.69 Å². The molecule has 0 bridgehead atoms. The molecule has 0 saturated carbocycles. The Morgan fingerprint density at radius 2 is 1.92 bits per heavy atom. The van der Waals surface area contributed by atoms with Crippen LogP contribution >= 0.6 is 34.4 Å². The highest BCUT2D eigenvalue weighted by Crippen LogP contribution is 2.44. The molecule has 3 rings (SSSR count). The molecule has 3 nitrogen and oxygen atoms in total. The normalized spacial score (nSPS) is 10.6. The monoisotopic (exact) mass is 385 g/mol. The van der Waals surface area contributed by atoms with Crippen LogP contribution in [0.3, 0.4) is 0 Å². The van der Waals surface area contributed by atoms with Crippen LogP contribution in [0.4, 0.5) is 5.69 Å². The van der Waals surface area contributed by atoms with Crippen LogP contribution in [0.5, 0.6) is 0 Å². The summed E-state index contributed by atoms with van der Waals surface area (Å²) in [5.74, 6) is -0.975. The van der Waals surface area contributed by atoms with Gasteiger partial charge >= 0.3 is 5.97 Å². The van der Waals surface area contributed by atoms with Crippen LogP contribution in [-0.2, 0) is 6.42 Å². The van der Waals surface area contributed by atoms with Crippen molar-refractivity contribution < 1.29 is 9.90 Å². The summed E-state index contributed by atoms with van der Waals surface area (Å²) in [5.41, 5.74) is 2.91. The summed E-state index contributed by atoms with van der Waals surface area (Å²) >= 11 is 4.61. The van der Waals surface area contributed by atoms with Crippen LogP contribution in [0, 0.1) is 6.57 Å². The van der Waals surface area contributed by atoms with Gasteiger partial charge in [0.05, 0.1) is 6.57 Å². The minimum Gasteiger partial charge on any atom is -0.477 e. The predicted octanol–water partition coefficient (Wildman–Crippen LogP) is 6.68. The number of hydrogen-bond donors (Lipinski definition) is 1. The molecular formula is C19H15NO2S3. The lowest BCUT2D eigenvalue weighted by molar-refractivity contribution is 0.0703. The second-order valence-electron chi connectivity index (χ2n) is 5.24. The van der Waals surface area contributed by atoms with Gasteiger partial charge in [-0.15, -0.1) is 34.4 Å². The zero-order valence-corrected chi connectivity index (χ0v) is 16.1. The molecule has 126 valence electrons. The number of benzene rings is 1. The van der Waals surface area contributed by atoms with E-state index in [0.29, 0.717) is 17.7 Å². The molecular weight excluding hydrogens is 370 g/mol. The lowest BCUT2D eigenvalue weighted by Crippen LogP contribution is -1.94. The van der Waals surface area contributed by atoms with Crippen molar-refractivity contribution >= 4 is 46.1 Å². The van der Waals surface area contributed by atoms with Gasteiger partial charge in [-0.1, -0.05) is 31.2 Å². The van der Waals surface area contributed by atoms with Crippen molar-refractivity contribution in [3.05, 3.63) is 56.9 Å². The fourth-order valence-electron chi connectivity index (χ4n) is 2.70. The second-order valence-corrected chi connectivity index (χ2v) is 8.11. The molecule has 0 atom stereocenters. The number of aryl methyl sites for hydroxylation is 1. The first-order valence-corrected chi connectivity index (χ1v) is 10.5. The van der Waals surface area contributed by atoms with Crippen LogP contribution in [-0.4, -0.2) is 17.3 Å². The molecule has 1 aromatic carbocycles. The first-order valence-electron chi connectivity index (χ1n) is 7.59. The zero-order valence-electron chi connectivity index (χ0n) is 13.7. The topological polar surface area (TPSA) is 41.7 Å². The maximum absolute atomic E-state index is 11.6. The van der Waals surface area contributed by atoms with Gasteiger partial charge in [0.1, 0.15) is 4.88 Å². The maximum atomic E-state index is 11.6. The van der Waals surface area contributed by atoms with Crippen LogP contribution in [0.15, 0.2) is 40.6 Å². The number of carbonyl (C=O) groups is 1. The molecule has 0 aliphatic rings. The van der Waals surface area contributed by atoms with E-state index in [0.717, 1.165) is 16.0 Å². The summed E-state index contributed by atoms with van der Waals surface area (Å²) in [5, 5.41) is 11.6. The van der Waals surface area contributed by atoms with Crippen molar-refractivity contribution in [2.45, 2.75) is 18.2 Å². The standard InChI is InChI=1S/C19H15NO2S3/c1-4-13-16(20-2)15(18(25-13)19(21)22)11-5-7-12(8-6-11)17-14(23-3)9-10-24-17/h5-10H,4H2,1,3H3,(H,21,22). The van der Waals surface area contributed by atoms with E-state index in [1.807, 2.05) is 31.2 Å². The molecule has 3 aromatic rings. The number of hydrogen-bond acceptors (Lipinski definition) is 4. The lowest BCUT2D eigenvalue weighted by Gasteiger charge is -2.06. The van der Waals surface area contributed by atoms with Crippen molar-refractivity contribution in [2.24, 2.45) is 0 Å². The Labute approximate surface area is 158 Å². The predicted molar refractivity (Wildman–Crippen MR) is 107 cm³/mol. The van der Waals surface area contributed by atoms with Gasteiger partial charge in [0, 0.05) is 20.2 Å². The van der Waals surface area contributed by atoms with Crippen molar-refractivity contribution in [3.8, 4) is 21.6 Å². The van der Waals surface area contributed by atoms with E-state index in [1.54, 1.807) is 23.1 Å². The van der Waals surface area contributed by atoms with Gasteiger partial charge in [-0.05, 0) is 35.2 Å². The van der Waals surface area contributed by atoms with Gasteiger partial charge in [-0.2, -0.15) is 0 Å². The van der Waals surface area contributed by atoms with Gasteiger partial charge in [0.25, 0.3) is 0 Å². The van der Waals surface area contributed by atoms with E-state index >= 15 is 0 Å². The molecule has 6 heteroatoms. The van der Waals surface area contributed by atoms with Crippen molar-refractivity contribution in [1.29, 1.82) is 0 Å². The Kier molecular flexibility index (Phi) is 5.28. The summed E-state index contributed by atoms with van der Waals surface area (Å²) in [6, 6.07) is 9.95. The molecule has 0 fully saturated rings. The smallest absolute Gasteiger partial charge is 0.345 e. The summed E-state index contributed by atoms with van der Waals surface area (Å²) in [6.07, 6.45) is 2.71. The highest BCUT2D eigenvalue weighted by atomic mass is 32.2. The fourth-order valence-corrected chi connectivity index (χ4v) is 5.53. The minimum absolute atomic E-state index is 0.247. The highest BCUT2D eigenvalue weighted by Gasteiger charge is 2.23. The Balaban J connectivity index is 2.11. The molecule has 0 saturated heterocycles. The van der Waals surface area contributed by atoms with Crippen LogP contribution < -0.4 is 0 Å². The maximum Gasteiger partial charge on any atom is 0.345 e. The average Bonchev–Trinajstić information content (AvgIpc) is 3.25. The van der Waals surface area contributed by atoms with Crippen LogP contribution in [0.2, 0.25) is 0 Å². The Morgan fingerprint density at radius 3 is 2.48 bits per heavy atom. The molecule has 0 radical (unpaired) electrons. The van der Waals surface area contributed by atoms with Crippen molar-refractivity contribution in [3.63, 3.8) is 0 Å². The zero-order chi connectivity index (χ0) is 18.0. The molecule has 1 N–H and O–H groups in total. The third-order valence-corrected chi connectivity index (χ3v) is 7.05. The molecule has 0 aliphatic heterocycles. The number of thioether (sulfide) groups is 1. The molecule has 2 aromatic heterocycles. The number of carboxylic acids is 1. The van der Waals surface area contributed by atoms with Crippen LogP contribution in [0.1, 0.15) is 21.5 Å². The number of rotatable bonds is 5. The third kappa shape index (κ3) is 3.23. The molecule has 25 heavy (non-hydrogen) atoms. The molecule has 0 unspecified atom stereocenters. The quantitative estimate of drug-likeness (QED) is 0.393. The highest BCUT2D eigenvalue weighted by molar-refractivity contribution is 7.98. The van der Waals surface area contributed by atoms with Crippen molar-refractivity contribution in [2.75, 3.05) is 6.26 Å². The second kappa shape index (κ2) is 7.44. The minimum atomic E-state index is -0.975. The lowest BCUT2D eigenvalue weighted by atomic mass is 10.0. The Hall–Kier alpha value is -2.07. The number of thiophene rings is 2. The number of nitrogens with zero attached hydrogens (tertiary/aromatic N) is 1. The molecule has 0 amide bonds. The van der Waals surface area contributed by atoms with E-state index in [1.165, 1.54) is 21.1 Å². The summed E-state index contributed by atoms with van der Waals surface area (Å²) in [6.45, 7) is 9.42. The van der Waals surface area contributed by atoms with Crippen molar-refractivity contribution in [1.82, 2.24) is 0 Å². The van der Waals surface area contributed by atoms with E-state index in [2.05, 4.69) is 22.5 Å². The van der Waals surface area contributed by atoms with Gasteiger partial charge in [0.15, 0.2) is 0 Å². The average molecular weight is 386 g/mol. The first-order chi connectivity index (χ1) is 12.1. The SMILES string of the molecule is [C-]#[N+]c1c(CC)sc(C(=O)O)c1-c1ccc(-c2sccc2SC)cc1. The molecule has 0 aliphatic carbocycles. The van der Waals surface area contributed by atoms with Gasteiger partial charge < -0.3 is 5.11 Å². The third-order valence-electron chi connectivity index (χ3n) is 3.87. The summed E-state index contributed by atoms with van der Waals surface area (Å²) < 4.78 is 0.